The van der Waals surface area contributed by atoms with Crippen molar-refractivity contribution in [1.82, 2.24) is 15.0 Å². The minimum absolute atomic E-state index is 0.117. The molecule has 9 aromatic rings. The van der Waals surface area contributed by atoms with Gasteiger partial charge in [0.15, 0.2) is 17.5 Å². The van der Waals surface area contributed by atoms with Crippen LogP contribution >= 0.6 is 0 Å². The van der Waals surface area contributed by atoms with E-state index in [0.717, 1.165) is 60.5 Å². The summed E-state index contributed by atoms with van der Waals surface area (Å²) in [4.78, 5) is 15.1. The Hall–Kier alpha value is -6.39. The van der Waals surface area contributed by atoms with Crippen LogP contribution in [0.4, 0.5) is 0 Å². The summed E-state index contributed by atoms with van der Waals surface area (Å²) in [6.45, 7) is 4.60. The van der Waals surface area contributed by atoms with Gasteiger partial charge in [0.2, 0.25) is 0 Å². The highest BCUT2D eigenvalue weighted by Gasteiger charge is 2.35. The summed E-state index contributed by atoms with van der Waals surface area (Å²) in [6.07, 6.45) is 0. The number of fused-ring (bicyclic) bond motifs is 8. The maximum Gasteiger partial charge on any atom is 0.164 e. The number of aromatic nitrogens is 3. The van der Waals surface area contributed by atoms with Crippen molar-refractivity contribution < 1.29 is 4.42 Å². The van der Waals surface area contributed by atoms with Crippen molar-refractivity contribution >= 4 is 32.7 Å². The summed E-state index contributed by atoms with van der Waals surface area (Å²) < 4.78 is 6.36. The highest BCUT2D eigenvalue weighted by molar-refractivity contribution is 6.17. The van der Waals surface area contributed by atoms with Gasteiger partial charge < -0.3 is 4.42 Å². The molecule has 1 aliphatic carbocycles. The Morgan fingerprint density at radius 2 is 0.960 bits per heavy atom. The third kappa shape index (κ3) is 4.35. The molecule has 0 spiro atoms. The molecule has 4 nitrogen and oxygen atoms in total. The van der Waals surface area contributed by atoms with E-state index >= 15 is 0 Å². The fourth-order valence-electron chi connectivity index (χ4n) is 7.78. The van der Waals surface area contributed by atoms with E-state index in [-0.39, 0.29) is 5.41 Å². The molecule has 0 amide bonds. The second kappa shape index (κ2) is 10.8. The molecule has 2 heterocycles. The SMILES string of the molecule is CC1(C)c2ccccc2-c2ccc(-c3nc(-c4ccccc4)nc(-c4ccc(-c5cccc6c5ccc5c7ccccc7oc65)cc4)n3)cc21. The van der Waals surface area contributed by atoms with Gasteiger partial charge in [-0.3, -0.25) is 0 Å². The topological polar surface area (TPSA) is 51.8 Å². The van der Waals surface area contributed by atoms with Crippen molar-refractivity contribution in [2.75, 3.05) is 0 Å². The first-order valence-electron chi connectivity index (χ1n) is 17.0. The molecule has 10 rings (SSSR count). The lowest BCUT2D eigenvalue weighted by molar-refractivity contribution is 0.660. The van der Waals surface area contributed by atoms with Crippen LogP contribution in [-0.2, 0) is 5.41 Å². The van der Waals surface area contributed by atoms with Gasteiger partial charge >= 0.3 is 0 Å². The van der Waals surface area contributed by atoms with Crippen molar-refractivity contribution in [2.24, 2.45) is 0 Å². The minimum Gasteiger partial charge on any atom is -0.455 e. The quantitative estimate of drug-likeness (QED) is 0.192. The smallest absolute Gasteiger partial charge is 0.164 e. The molecule has 0 atom stereocenters. The van der Waals surface area contributed by atoms with Gasteiger partial charge in [-0.05, 0) is 57.0 Å². The summed E-state index contributed by atoms with van der Waals surface area (Å²) >= 11 is 0. The van der Waals surface area contributed by atoms with Crippen LogP contribution in [0.1, 0.15) is 25.0 Å². The zero-order valence-corrected chi connectivity index (χ0v) is 27.7. The van der Waals surface area contributed by atoms with Gasteiger partial charge in [0, 0.05) is 38.3 Å². The first kappa shape index (κ1) is 28.6. The molecule has 0 saturated carbocycles. The molecule has 0 bridgehead atoms. The summed E-state index contributed by atoms with van der Waals surface area (Å²) in [5.74, 6) is 1.96. The molecule has 2 aromatic heterocycles. The summed E-state index contributed by atoms with van der Waals surface area (Å²) in [7, 11) is 0. The molecule has 0 N–H and O–H groups in total. The number of nitrogens with zero attached hydrogens (tertiary/aromatic N) is 3. The van der Waals surface area contributed by atoms with Crippen molar-refractivity contribution in [1.29, 1.82) is 0 Å². The monoisotopic (exact) mass is 641 g/mol. The summed E-state index contributed by atoms with van der Waals surface area (Å²) in [5, 5.41) is 4.54. The zero-order chi connectivity index (χ0) is 33.4. The van der Waals surface area contributed by atoms with Crippen LogP contribution in [0.5, 0.6) is 0 Å². The predicted octanol–water partition coefficient (Wildman–Crippen LogP) is 11.9. The van der Waals surface area contributed by atoms with Crippen LogP contribution in [0, 0.1) is 0 Å². The Kier molecular flexibility index (Phi) is 6.19. The first-order valence-corrected chi connectivity index (χ1v) is 17.0. The number of para-hydroxylation sites is 1. The predicted molar refractivity (Wildman–Crippen MR) is 204 cm³/mol. The maximum atomic E-state index is 6.36. The Morgan fingerprint density at radius 3 is 1.78 bits per heavy atom. The molecule has 4 heteroatoms. The van der Waals surface area contributed by atoms with Gasteiger partial charge in [0.1, 0.15) is 11.2 Å². The molecule has 0 fully saturated rings. The number of furan rings is 1. The molecular weight excluding hydrogens is 611 g/mol. The lowest BCUT2D eigenvalue weighted by Gasteiger charge is -2.21. The second-order valence-corrected chi connectivity index (χ2v) is 13.6. The molecule has 1 aliphatic rings. The van der Waals surface area contributed by atoms with Gasteiger partial charge in [-0.2, -0.15) is 0 Å². The average Bonchev–Trinajstić information content (AvgIpc) is 3.67. The molecule has 50 heavy (non-hydrogen) atoms. The maximum absolute atomic E-state index is 6.36. The third-order valence-electron chi connectivity index (χ3n) is 10.4. The molecule has 0 unspecified atom stereocenters. The Bertz CT molecular complexity index is 2780. The van der Waals surface area contributed by atoms with Crippen LogP contribution in [0.25, 0.3) is 89.1 Å². The zero-order valence-electron chi connectivity index (χ0n) is 27.7. The van der Waals surface area contributed by atoms with E-state index in [1.807, 2.05) is 42.5 Å². The Balaban J connectivity index is 1.07. The third-order valence-corrected chi connectivity index (χ3v) is 10.4. The average molecular weight is 642 g/mol. The number of rotatable bonds is 4. The Morgan fingerprint density at radius 1 is 0.400 bits per heavy atom. The van der Waals surface area contributed by atoms with Gasteiger partial charge in [-0.15, -0.1) is 0 Å². The largest absolute Gasteiger partial charge is 0.455 e. The highest BCUT2D eigenvalue weighted by atomic mass is 16.3. The van der Waals surface area contributed by atoms with Crippen LogP contribution in [0.3, 0.4) is 0 Å². The number of hydrogen-bond donors (Lipinski definition) is 0. The summed E-state index contributed by atoms with van der Waals surface area (Å²) in [5.41, 5.74) is 12.1. The van der Waals surface area contributed by atoms with Gasteiger partial charge in [0.25, 0.3) is 0 Å². The normalized spacial score (nSPS) is 13.2. The molecule has 0 aliphatic heterocycles. The van der Waals surface area contributed by atoms with E-state index in [4.69, 9.17) is 19.4 Å². The molecule has 7 aromatic carbocycles. The van der Waals surface area contributed by atoms with E-state index in [1.165, 1.54) is 22.3 Å². The highest BCUT2D eigenvalue weighted by Crippen LogP contribution is 2.49. The van der Waals surface area contributed by atoms with Crippen molar-refractivity contribution in [3.8, 4) is 56.4 Å². The molecular formula is C46H31N3O. The van der Waals surface area contributed by atoms with E-state index in [1.54, 1.807) is 0 Å². The van der Waals surface area contributed by atoms with E-state index in [9.17, 15) is 0 Å². The van der Waals surface area contributed by atoms with Crippen molar-refractivity contribution in [3.05, 3.63) is 163 Å². The number of benzene rings is 7. The van der Waals surface area contributed by atoms with Crippen LogP contribution < -0.4 is 0 Å². The Labute approximate surface area is 289 Å². The molecule has 0 radical (unpaired) electrons. The fraction of sp³-hybridized carbons (Fsp3) is 0.0652. The van der Waals surface area contributed by atoms with E-state index < -0.39 is 0 Å². The van der Waals surface area contributed by atoms with Crippen LogP contribution in [0.2, 0.25) is 0 Å². The van der Waals surface area contributed by atoms with Gasteiger partial charge in [0.05, 0.1) is 0 Å². The molecule has 0 saturated heterocycles. The lowest BCUT2D eigenvalue weighted by atomic mass is 9.82. The minimum atomic E-state index is -0.117. The summed E-state index contributed by atoms with van der Waals surface area (Å²) in [6, 6.07) is 53.1. The van der Waals surface area contributed by atoms with Crippen LogP contribution in [0.15, 0.2) is 156 Å². The van der Waals surface area contributed by atoms with Crippen LogP contribution in [-0.4, -0.2) is 15.0 Å². The second-order valence-electron chi connectivity index (χ2n) is 13.6. The standard InChI is InChI=1S/C46H31N3O/c1-46(2)39-17-8-6-13-34(39)35-24-23-31(27-40(35)46)45-48-43(29-11-4-3-5-12-29)47-44(49-45)30-21-19-28(20-22-30)32-15-10-16-37-33(32)25-26-38-36-14-7-9-18-41(36)50-42(37)38/h3-27H,1-2H3. The molecule has 236 valence electrons. The van der Waals surface area contributed by atoms with Crippen molar-refractivity contribution in [2.45, 2.75) is 19.3 Å². The van der Waals surface area contributed by atoms with E-state index in [0.29, 0.717) is 17.5 Å². The fourth-order valence-corrected chi connectivity index (χ4v) is 7.78. The first-order chi connectivity index (χ1) is 24.5. The van der Waals surface area contributed by atoms with E-state index in [2.05, 4.69) is 123 Å². The lowest BCUT2D eigenvalue weighted by Crippen LogP contribution is -2.15. The van der Waals surface area contributed by atoms with Gasteiger partial charge in [-0.1, -0.05) is 147 Å². The number of hydrogen-bond acceptors (Lipinski definition) is 4. The van der Waals surface area contributed by atoms with Crippen molar-refractivity contribution in [3.63, 3.8) is 0 Å². The van der Waals surface area contributed by atoms with Gasteiger partial charge in [-0.25, -0.2) is 15.0 Å².